The molecule has 1 aromatic carbocycles. The molecule has 1 N–H and O–H groups in total. The molecule has 1 aliphatic heterocycles. The van der Waals surface area contributed by atoms with Crippen LogP contribution >= 0.6 is 11.6 Å². The minimum atomic E-state index is -0.832. The van der Waals surface area contributed by atoms with Crippen molar-refractivity contribution in [1.82, 2.24) is 4.90 Å². The van der Waals surface area contributed by atoms with Crippen molar-refractivity contribution in [2.24, 2.45) is 5.92 Å². The molecule has 2 rings (SSSR count). The molecule has 1 atom stereocenters. The number of halogens is 1. The number of benzene rings is 1. The van der Waals surface area contributed by atoms with Gasteiger partial charge in [0.05, 0.1) is 5.92 Å². The predicted octanol–water partition coefficient (Wildman–Crippen LogP) is 2.98. The van der Waals surface area contributed by atoms with Crippen molar-refractivity contribution in [1.29, 1.82) is 0 Å². The molecule has 0 aliphatic carbocycles. The Morgan fingerprint density at radius 3 is 2.86 bits per heavy atom. The van der Waals surface area contributed by atoms with Crippen LogP contribution in [0.25, 0.3) is 6.08 Å². The molecule has 1 fully saturated rings. The van der Waals surface area contributed by atoms with Crippen molar-refractivity contribution in [3.05, 3.63) is 40.4 Å². The average molecular weight is 308 g/mol. The molecule has 1 saturated heterocycles. The fourth-order valence-corrected chi connectivity index (χ4v) is 2.55. The van der Waals surface area contributed by atoms with Crippen LogP contribution in [-0.2, 0) is 9.59 Å². The summed E-state index contributed by atoms with van der Waals surface area (Å²) in [7, 11) is 0. The van der Waals surface area contributed by atoms with Gasteiger partial charge in [-0.2, -0.15) is 0 Å². The molecule has 1 aromatic rings. The third-order valence-electron chi connectivity index (χ3n) is 3.70. The van der Waals surface area contributed by atoms with Gasteiger partial charge in [0.1, 0.15) is 0 Å². The Hall–Kier alpha value is -1.81. The van der Waals surface area contributed by atoms with Gasteiger partial charge in [-0.25, -0.2) is 0 Å². The zero-order valence-electron chi connectivity index (χ0n) is 11.9. The molecule has 21 heavy (non-hydrogen) atoms. The average Bonchev–Trinajstić information content (AvgIpc) is 2.48. The molecule has 0 radical (unpaired) electrons. The standard InChI is InChI=1S/C16H18ClNO3/c1-11-4-5-12(9-14(11)17)6-7-15(19)18-8-2-3-13(10-18)16(20)21/h4-7,9,13H,2-3,8,10H2,1H3,(H,20,21)/b7-6+. The number of carboxylic acid groups (broad SMARTS) is 1. The van der Waals surface area contributed by atoms with Crippen LogP contribution in [0.15, 0.2) is 24.3 Å². The molecule has 1 amide bonds. The summed E-state index contributed by atoms with van der Waals surface area (Å²) in [5.41, 5.74) is 1.84. The Labute approximate surface area is 129 Å². The molecule has 112 valence electrons. The largest absolute Gasteiger partial charge is 0.481 e. The summed E-state index contributed by atoms with van der Waals surface area (Å²) in [5.74, 6) is -1.44. The van der Waals surface area contributed by atoms with Gasteiger partial charge in [0.2, 0.25) is 5.91 Å². The van der Waals surface area contributed by atoms with Crippen molar-refractivity contribution in [2.45, 2.75) is 19.8 Å². The zero-order chi connectivity index (χ0) is 15.4. The van der Waals surface area contributed by atoms with E-state index >= 15 is 0 Å². The van der Waals surface area contributed by atoms with Gasteiger partial charge in [0, 0.05) is 24.2 Å². The van der Waals surface area contributed by atoms with E-state index in [1.807, 2.05) is 19.1 Å². The Morgan fingerprint density at radius 1 is 1.43 bits per heavy atom. The second-order valence-electron chi connectivity index (χ2n) is 5.30. The number of hydrogen-bond donors (Lipinski definition) is 1. The summed E-state index contributed by atoms with van der Waals surface area (Å²) in [4.78, 5) is 24.7. The van der Waals surface area contributed by atoms with E-state index in [0.717, 1.165) is 17.5 Å². The highest BCUT2D eigenvalue weighted by Gasteiger charge is 2.26. The van der Waals surface area contributed by atoms with Crippen LogP contribution in [0.5, 0.6) is 0 Å². The molecule has 0 saturated carbocycles. The normalized spacial score (nSPS) is 19.0. The van der Waals surface area contributed by atoms with Crippen molar-refractivity contribution in [3.8, 4) is 0 Å². The van der Waals surface area contributed by atoms with Crippen LogP contribution in [0, 0.1) is 12.8 Å². The molecule has 1 heterocycles. The lowest BCUT2D eigenvalue weighted by Crippen LogP contribution is -2.41. The number of aliphatic carboxylic acids is 1. The lowest BCUT2D eigenvalue weighted by atomic mass is 9.98. The van der Waals surface area contributed by atoms with Crippen LogP contribution in [0.3, 0.4) is 0 Å². The smallest absolute Gasteiger partial charge is 0.308 e. The molecule has 1 aliphatic rings. The van der Waals surface area contributed by atoms with Gasteiger partial charge < -0.3 is 10.0 Å². The minimum absolute atomic E-state index is 0.155. The number of rotatable bonds is 3. The van der Waals surface area contributed by atoms with Crippen LogP contribution in [-0.4, -0.2) is 35.0 Å². The first-order valence-corrected chi connectivity index (χ1v) is 7.31. The number of likely N-dealkylation sites (tertiary alicyclic amines) is 1. The summed E-state index contributed by atoms with van der Waals surface area (Å²) in [6, 6.07) is 5.59. The van der Waals surface area contributed by atoms with Gasteiger partial charge in [-0.15, -0.1) is 0 Å². The van der Waals surface area contributed by atoms with Crippen LogP contribution in [0.2, 0.25) is 5.02 Å². The van der Waals surface area contributed by atoms with E-state index in [2.05, 4.69) is 0 Å². The summed E-state index contributed by atoms with van der Waals surface area (Å²) in [6.45, 7) is 2.82. The maximum absolute atomic E-state index is 12.1. The number of hydrogen-bond acceptors (Lipinski definition) is 2. The van der Waals surface area contributed by atoms with E-state index in [1.165, 1.54) is 6.08 Å². The van der Waals surface area contributed by atoms with E-state index in [4.69, 9.17) is 16.7 Å². The molecule has 4 nitrogen and oxygen atoms in total. The predicted molar refractivity (Wildman–Crippen MR) is 82.2 cm³/mol. The number of carbonyl (C=O) groups is 2. The molecular weight excluding hydrogens is 290 g/mol. The monoisotopic (exact) mass is 307 g/mol. The zero-order valence-corrected chi connectivity index (χ0v) is 12.6. The molecule has 0 spiro atoms. The fraction of sp³-hybridized carbons (Fsp3) is 0.375. The van der Waals surface area contributed by atoms with Gasteiger partial charge in [-0.3, -0.25) is 9.59 Å². The summed E-state index contributed by atoms with van der Waals surface area (Å²) in [5, 5.41) is 9.69. The first-order chi connectivity index (χ1) is 9.97. The van der Waals surface area contributed by atoms with E-state index in [1.54, 1.807) is 17.0 Å². The molecule has 0 bridgehead atoms. The fourth-order valence-electron chi connectivity index (χ4n) is 2.36. The van der Waals surface area contributed by atoms with Crippen molar-refractivity contribution >= 4 is 29.6 Å². The maximum Gasteiger partial charge on any atom is 0.308 e. The third kappa shape index (κ3) is 4.08. The molecule has 5 heteroatoms. The van der Waals surface area contributed by atoms with Crippen molar-refractivity contribution in [3.63, 3.8) is 0 Å². The second kappa shape index (κ2) is 6.76. The van der Waals surface area contributed by atoms with Gasteiger partial charge in [-0.05, 0) is 43.0 Å². The number of carboxylic acids is 1. The third-order valence-corrected chi connectivity index (χ3v) is 4.10. The number of amides is 1. The quantitative estimate of drug-likeness (QED) is 0.873. The van der Waals surface area contributed by atoms with E-state index < -0.39 is 11.9 Å². The van der Waals surface area contributed by atoms with Crippen LogP contribution < -0.4 is 0 Å². The molecular formula is C16H18ClNO3. The van der Waals surface area contributed by atoms with Crippen LogP contribution in [0.1, 0.15) is 24.0 Å². The number of aryl methyl sites for hydroxylation is 1. The van der Waals surface area contributed by atoms with Crippen molar-refractivity contribution in [2.75, 3.05) is 13.1 Å². The van der Waals surface area contributed by atoms with Gasteiger partial charge in [-0.1, -0.05) is 23.7 Å². The first kappa shape index (κ1) is 15.6. The Balaban J connectivity index is 2.01. The van der Waals surface area contributed by atoms with E-state index in [-0.39, 0.29) is 12.5 Å². The van der Waals surface area contributed by atoms with Crippen molar-refractivity contribution < 1.29 is 14.7 Å². The second-order valence-corrected chi connectivity index (χ2v) is 5.71. The SMILES string of the molecule is Cc1ccc(/C=C/C(=O)N2CCCC(C(=O)O)C2)cc1Cl. The lowest BCUT2D eigenvalue weighted by molar-refractivity contribution is -0.144. The van der Waals surface area contributed by atoms with E-state index in [9.17, 15) is 9.59 Å². The number of carbonyl (C=O) groups excluding carboxylic acids is 1. The topological polar surface area (TPSA) is 57.6 Å². The highest BCUT2D eigenvalue weighted by Crippen LogP contribution is 2.19. The van der Waals surface area contributed by atoms with Gasteiger partial charge >= 0.3 is 5.97 Å². The van der Waals surface area contributed by atoms with Crippen LogP contribution in [0.4, 0.5) is 0 Å². The highest BCUT2D eigenvalue weighted by atomic mass is 35.5. The Bertz CT molecular complexity index is 583. The first-order valence-electron chi connectivity index (χ1n) is 6.93. The molecule has 1 unspecified atom stereocenters. The summed E-state index contributed by atoms with van der Waals surface area (Å²) < 4.78 is 0. The maximum atomic E-state index is 12.1. The van der Waals surface area contributed by atoms with Gasteiger partial charge in [0.25, 0.3) is 0 Å². The van der Waals surface area contributed by atoms with Gasteiger partial charge in [0.15, 0.2) is 0 Å². The van der Waals surface area contributed by atoms with E-state index in [0.29, 0.717) is 18.0 Å². The summed E-state index contributed by atoms with van der Waals surface area (Å²) in [6.07, 6.45) is 4.55. The minimum Gasteiger partial charge on any atom is -0.481 e. The highest BCUT2D eigenvalue weighted by molar-refractivity contribution is 6.31. The lowest BCUT2D eigenvalue weighted by Gasteiger charge is -2.29. The Morgan fingerprint density at radius 2 is 2.19 bits per heavy atom. The molecule has 0 aromatic heterocycles. The number of nitrogens with zero attached hydrogens (tertiary/aromatic N) is 1. The number of piperidine rings is 1. The Kier molecular flexibility index (Phi) is 5.02. The summed E-state index contributed by atoms with van der Waals surface area (Å²) >= 11 is 6.04.